The minimum absolute atomic E-state index is 0.415. The van der Waals surface area contributed by atoms with Crippen LogP contribution in [0.4, 0.5) is 0 Å². The van der Waals surface area contributed by atoms with Crippen molar-refractivity contribution in [1.29, 1.82) is 0 Å². The lowest BCUT2D eigenvalue weighted by atomic mass is 10.1. The normalized spacial score (nSPS) is 10.6. The summed E-state index contributed by atoms with van der Waals surface area (Å²) in [6.07, 6.45) is 3.77. The van der Waals surface area contributed by atoms with Crippen LogP contribution in [0, 0.1) is 0 Å². The summed E-state index contributed by atoms with van der Waals surface area (Å²) < 4.78 is 3.11. The van der Waals surface area contributed by atoms with Crippen molar-refractivity contribution in [3.63, 3.8) is 0 Å². The van der Waals surface area contributed by atoms with E-state index < -0.39 is 0 Å². The van der Waals surface area contributed by atoms with Crippen molar-refractivity contribution in [2.24, 2.45) is 5.73 Å². The van der Waals surface area contributed by atoms with Crippen LogP contribution >= 0.6 is 28.1 Å². The quantitative estimate of drug-likeness (QED) is 0.705. The third-order valence-electron chi connectivity index (χ3n) is 3.45. The van der Waals surface area contributed by atoms with Crippen molar-refractivity contribution < 1.29 is 0 Å². The Morgan fingerprint density at radius 2 is 1.86 bits per heavy atom. The Morgan fingerprint density at radius 1 is 1.14 bits per heavy atom. The van der Waals surface area contributed by atoms with Gasteiger partial charge in [0.15, 0.2) is 0 Å². The van der Waals surface area contributed by atoms with Crippen molar-refractivity contribution >= 4 is 33.1 Å². The second-order valence-electron chi connectivity index (χ2n) is 4.88. The first-order chi connectivity index (χ1) is 10.7. The number of hydrogen-bond donors (Lipinski definition) is 1. The number of aromatic nitrogens is 2. The molecule has 0 unspecified atom stereocenters. The monoisotopic (exact) mass is 371 g/mol. The first-order valence-electron chi connectivity index (χ1n) is 6.80. The molecule has 2 aromatic carbocycles. The molecule has 0 aliphatic heterocycles. The van der Waals surface area contributed by atoms with Gasteiger partial charge in [0.2, 0.25) is 0 Å². The average Bonchev–Trinajstić information content (AvgIpc) is 2.96. The van der Waals surface area contributed by atoms with Crippen LogP contribution in [0.15, 0.2) is 65.4 Å². The zero-order chi connectivity index (χ0) is 15.5. The first-order valence-corrected chi connectivity index (χ1v) is 8.00. The number of nitrogens with two attached hydrogens (primary N) is 1. The van der Waals surface area contributed by atoms with Crippen molar-refractivity contribution in [3.8, 4) is 11.4 Å². The van der Waals surface area contributed by atoms with E-state index in [1.165, 1.54) is 0 Å². The van der Waals surface area contributed by atoms with Gasteiger partial charge in [0.05, 0.1) is 0 Å². The summed E-state index contributed by atoms with van der Waals surface area (Å²) in [7, 11) is 0. The van der Waals surface area contributed by atoms with Crippen LogP contribution in [0.5, 0.6) is 0 Å². The summed E-state index contributed by atoms with van der Waals surface area (Å²) in [5.41, 5.74) is 8.86. The SMILES string of the molecule is NC(=S)c1ccccc1Cn1ccnc1-c1ccccc1Br. The van der Waals surface area contributed by atoms with Crippen LogP contribution in [0.25, 0.3) is 11.4 Å². The van der Waals surface area contributed by atoms with E-state index in [1.54, 1.807) is 6.20 Å². The molecule has 110 valence electrons. The van der Waals surface area contributed by atoms with Crippen LogP contribution in [0.3, 0.4) is 0 Å². The summed E-state index contributed by atoms with van der Waals surface area (Å²) in [6.45, 7) is 0.671. The average molecular weight is 372 g/mol. The highest BCUT2D eigenvalue weighted by Crippen LogP contribution is 2.27. The molecule has 0 spiro atoms. The van der Waals surface area contributed by atoms with Gasteiger partial charge in [-0.2, -0.15) is 0 Å². The number of thiocarbonyl (C=S) groups is 1. The highest BCUT2D eigenvalue weighted by molar-refractivity contribution is 9.10. The summed E-state index contributed by atoms with van der Waals surface area (Å²) in [5.74, 6) is 0.908. The molecule has 22 heavy (non-hydrogen) atoms. The molecule has 0 fully saturated rings. The smallest absolute Gasteiger partial charge is 0.141 e. The fourth-order valence-corrected chi connectivity index (χ4v) is 3.07. The van der Waals surface area contributed by atoms with Crippen molar-refractivity contribution in [1.82, 2.24) is 9.55 Å². The Morgan fingerprint density at radius 3 is 2.64 bits per heavy atom. The largest absolute Gasteiger partial charge is 0.389 e. The molecule has 3 rings (SSSR count). The molecule has 0 amide bonds. The van der Waals surface area contributed by atoms with Crippen LogP contribution < -0.4 is 5.73 Å². The van der Waals surface area contributed by atoms with E-state index in [1.807, 2.05) is 54.7 Å². The number of rotatable bonds is 4. The van der Waals surface area contributed by atoms with Crippen LogP contribution in [-0.2, 0) is 6.54 Å². The van der Waals surface area contributed by atoms with E-state index in [-0.39, 0.29) is 0 Å². The Bertz CT molecular complexity index is 826. The lowest BCUT2D eigenvalue weighted by molar-refractivity contribution is 0.805. The number of halogens is 1. The molecule has 0 saturated carbocycles. The number of imidazole rings is 1. The fraction of sp³-hybridized carbons (Fsp3) is 0.0588. The van der Waals surface area contributed by atoms with Gasteiger partial charge in [-0.3, -0.25) is 0 Å². The Labute approximate surface area is 142 Å². The predicted octanol–water partition coefficient (Wildman–Crippen LogP) is 4.00. The highest BCUT2D eigenvalue weighted by Gasteiger charge is 2.11. The van der Waals surface area contributed by atoms with Gasteiger partial charge in [0.25, 0.3) is 0 Å². The third kappa shape index (κ3) is 2.96. The van der Waals surface area contributed by atoms with E-state index in [0.29, 0.717) is 11.5 Å². The van der Waals surface area contributed by atoms with Crippen LogP contribution in [0.2, 0.25) is 0 Å². The van der Waals surface area contributed by atoms with Crippen molar-refractivity contribution in [2.45, 2.75) is 6.54 Å². The van der Waals surface area contributed by atoms with E-state index in [0.717, 1.165) is 27.0 Å². The first kappa shape index (κ1) is 14.9. The summed E-state index contributed by atoms with van der Waals surface area (Å²) >= 11 is 8.72. The molecule has 2 N–H and O–H groups in total. The molecular weight excluding hydrogens is 358 g/mol. The van der Waals surface area contributed by atoms with E-state index >= 15 is 0 Å². The topological polar surface area (TPSA) is 43.8 Å². The number of nitrogens with zero attached hydrogens (tertiary/aromatic N) is 2. The molecular formula is C17H14BrN3S. The van der Waals surface area contributed by atoms with Gasteiger partial charge in [-0.15, -0.1) is 0 Å². The van der Waals surface area contributed by atoms with Gasteiger partial charge in [0.1, 0.15) is 10.8 Å². The van der Waals surface area contributed by atoms with Gasteiger partial charge in [-0.1, -0.05) is 70.6 Å². The third-order valence-corrected chi connectivity index (χ3v) is 4.37. The Balaban J connectivity index is 2.01. The minimum atomic E-state index is 0.415. The fourth-order valence-electron chi connectivity index (χ4n) is 2.41. The second-order valence-corrected chi connectivity index (χ2v) is 6.17. The zero-order valence-corrected chi connectivity index (χ0v) is 14.1. The Kier molecular flexibility index (Phi) is 4.36. The maximum atomic E-state index is 5.82. The molecule has 3 nitrogen and oxygen atoms in total. The number of hydrogen-bond acceptors (Lipinski definition) is 2. The van der Waals surface area contributed by atoms with Crippen molar-refractivity contribution in [3.05, 3.63) is 76.5 Å². The molecule has 0 aliphatic carbocycles. The van der Waals surface area contributed by atoms with Gasteiger partial charge < -0.3 is 10.3 Å². The molecule has 5 heteroatoms. The van der Waals surface area contributed by atoms with Crippen LogP contribution in [-0.4, -0.2) is 14.5 Å². The maximum Gasteiger partial charge on any atom is 0.141 e. The molecule has 0 saturated heterocycles. The van der Waals surface area contributed by atoms with Gasteiger partial charge >= 0.3 is 0 Å². The van der Waals surface area contributed by atoms with Crippen molar-refractivity contribution in [2.75, 3.05) is 0 Å². The van der Waals surface area contributed by atoms with Gasteiger partial charge in [-0.25, -0.2) is 4.98 Å². The van der Waals surface area contributed by atoms with E-state index in [9.17, 15) is 0 Å². The lowest BCUT2D eigenvalue weighted by Gasteiger charge is -2.12. The van der Waals surface area contributed by atoms with E-state index in [2.05, 4.69) is 25.5 Å². The summed E-state index contributed by atoms with van der Waals surface area (Å²) in [4.78, 5) is 4.90. The van der Waals surface area contributed by atoms with E-state index in [4.69, 9.17) is 18.0 Å². The van der Waals surface area contributed by atoms with Crippen LogP contribution in [0.1, 0.15) is 11.1 Å². The molecule has 0 radical (unpaired) electrons. The standard InChI is InChI=1S/C17H14BrN3S/c18-15-8-4-3-7-14(15)17-20-9-10-21(17)11-12-5-1-2-6-13(12)16(19)22/h1-10H,11H2,(H2,19,22). The summed E-state index contributed by atoms with van der Waals surface area (Å²) in [6, 6.07) is 16.0. The molecule has 1 aromatic heterocycles. The summed E-state index contributed by atoms with van der Waals surface area (Å²) in [5, 5.41) is 0. The predicted molar refractivity (Wildman–Crippen MR) is 96.8 cm³/mol. The maximum absolute atomic E-state index is 5.82. The zero-order valence-electron chi connectivity index (χ0n) is 11.7. The van der Waals surface area contributed by atoms with Gasteiger partial charge in [0, 0.05) is 34.5 Å². The van der Waals surface area contributed by atoms with Gasteiger partial charge in [-0.05, 0) is 11.6 Å². The molecule has 0 aliphatic rings. The minimum Gasteiger partial charge on any atom is -0.389 e. The molecule has 0 bridgehead atoms. The molecule has 3 aromatic rings. The second kappa shape index (κ2) is 6.42. The molecule has 1 heterocycles. The number of benzene rings is 2. The molecule has 0 atom stereocenters. The lowest BCUT2D eigenvalue weighted by Crippen LogP contribution is -2.14. The Hall–Kier alpha value is -1.98. The highest BCUT2D eigenvalue weighted by atomic mass is 79.9.